The normalized spacial score (nSPS) is 11.8. The van der Waals surface area contributed by atoms with E-state index in [1.807, 2.05) is 35.6 Å². The topological polar surface area (TPSA) is 23.8 Å². The number of benzene rings is 3. The van der Waals surface area contributed by atoms with Gasteiger partial charge < -0.3 is 0 Å². The van der Waals surface area contributed by atoms with E-state index in [1.165, 1.54) is 31.3 Å². The lowest BCUT2D eigenvalue weighted by Crippen LogP contribution is -2.10. The smallest absolute Gasteiger partial charge is 0.0991 e. The highest BCUT2D eigenvalue weighted by Crippen LogP contribution is 2.41. The zero-order valence-electron chi connectivity index (χ0n) is 14.6. The zero-order chi connectivity index (χ0) is 17.6. The molecule has 0 bridgehead atoms. The summed E-state index contributed by atoms with van der Waals surface area (Å²) in [6, 6.07) is 23.4. The van der Waals surface area contributed by atoms with Crippen LogP contribution in [0.15, 0.2) is 60.7 Å². The molecule has 0 spiro atoms. The van der Waals surface area contributed by atoms with Crippen LogP contribution in [0.5, 0.6) is 0 Å². The first kappa shape index (κ1) is 15.9. The minimum atomic E-state index is 0.153. The van der Waals surface area contributed by atoms with E-state index in [0.29, 0.717) is 5.56 Å². The number of hydrogen-bond acceptors (Lipinski definition) is 2. The molecule has 0 aliphatic carbocycles. The van der Waals surface area contributed by atoms with Crippen LogP contribution >= 0.6 is 11.3 Å². The highest BCUT2D eigenvalue weighted by atomic mass is 32.1. The van der Waals surface area contributed by atoms with Crippen molar-refractivity contribution in [3.63, 3.8) is 0 Å². The Morgan fingerprint density at radius 3 is 2.32 bits per heavy atom. The van der Waals surface area contributed by atoms with Gasteiger partial charge in [0.05, 0.1) is 11.6 Å². The van der Waals surface area contributed by atoms with Crippen molar-refractivity contribution in [2.45, 2.75) is 26.2 Å². The lowest BCUT2D eigenvalue weighted by atomic mass is 9.87. The van der Waals surface area contributed by atoms with E-state index in [4.69, 9.17) is 5.26 Å². The first-order valence-electron chi connectivity index (χ1n) is 8.44. The van der Waals surface area contributed by atoms with E-state index in [2.05, 4.69) is 63.2 Å². The fourth-order valence-electron chi connectivity index (χ4n) is 3.22. The average Bonchev–Trinajstić information content (AvgIpc) is 2.99. The lowest BCUT2D eigenvalue weighted by Gasteiger charge is -2.18. The molecule has 0 unspecified atom stereocenters. The van der Waals surface area contributed by atoms with E-state index >= 15 is 0 Å². The summed E-state index contributed by atoms with van der Waals surface area (Å²) in [7, 11) is 0. The highest BCUT2D eigenvalue weighted by molar-refractivity contribution is 7.26. The van der Waals surface area contributed by atoms with Gasteiger partial charge in [-0.15, -0.1) is 11.3 Å². The number of rotatable bonds is 1. The standard InChI is InChI=1S/C23H19NS/c1-23(2,3)17-11-12-19-20-6-4-5-18(22(20)25-21(19)13-17)16-9-7-15(14-24)8-10-16/h4-13H,1-3H3. The average molecular weight is 341 g/mol. The van der Waals surface area contributed by atoms with Crippen LogP contribution < -0.4 is 0 Å². The van der Waals surface area contributed by atoms with E-state index in [1.54, 1.807) is 0 Å². The second kappa shape index (κ2) is 5.72. The molecular formula is C23H19NS. The summed E-state index contributed by atoms with van der Waals surface area (Å²) in [4.78, 5) is 0. The second-order valence-corrected chi connectivity index (χ2v) is 8.49. The Morgan fingerprint density at radius 2 is 1.64 bits per heavy atom. The summed E-state index contributed by atoms with van der Waals surface area (Å²) in [6.07, 6.45) is 0. The molecular weight excluding hydrogens is 322 g/mol. The summed E-state index contributed by atoms with van der Waals surface area (Å²) in [5.41, 5.74) is 4.61. The Labute approximate surface area is 152 Å². The van der Waals surface area contributed by atoms with Gasteiger partial charge in [-0.2, -0.15) is 5.26 Å². The molecule has 122 valence electrons. The molecule has 0 fully saturated rings. The first-order valence-corrected chi connectivity index (χ1v) is 9.25. The molecule has 3 aromatic carbocycles. The molecule has 1 heterocycles. The fraction of sp³-hybridized carbons (Fsp3) is 0.174. The van der Waals surface area contributed by atoms with Gasteiger partial charge in [-0.3, -0.25) is 0 Å². The molecule has 4 rings (SSSR count). The van der Waals surface area contributed by atoms with E-state index in [9.17, 15) is 0 Å². The van der Waals surface area contributed by atoms with Gasteiger partial charge in [0.2, 0.25) is 0 Å². The van der Waals surface area contributed by atoms with Crippen molar-refractivity contribution in [2.75, 3.05) is 0 Å². The molecule has 0 atom stereocenters. The molecule has 2 heteroatoms. The third-order valence-corrected chi connectivity index (χ3v) is 5.89. The van der Waals surface area contributed by atoms with Crippen LogP contribution in [0.2, 0.25) is 0 Å². The van der Waals surface area contributed by atoms with Gasteiger partial charge in [-0.1, -0.05) is 63.2 Å². The maximum absolute atomic E-state index is 9.01. The molecule has 0 saturated carbocycles. The van der Waals surface area contributed by atoms with Gasteiger partial charge in [-0.25, -0.2) is 0 Å². The molecule has 1 nitrogen and oxygen atoms in total. The molecule has 0 amide bonds. The fourth-order valence-corrected chi connectivity index (χ4v) is 4.49. The van der Waals surface area contributed by atoms with Crippen molar-refractivity contribution in [3.05, 3.63) is 71.8 Å². The predicted molar refractivity (Wildman–Crippen MR) is 108 cm³/mol. The third-order valence-electron chi connectivity index (χ3n) is 4.69. The Balaban J connectivity index is 1.96. The van der Waals surface area contributed by atoms with E-state index in [-0.39, 0.29) is 5.41 Å². The first-order chi connectivity index (χ1) is 12.0. The van der Waals surface area contributed by atoms with Crippen molar-refractivity contribution in [1.29, 1.82) is 5.26 Å². The van der Waals surface area contributed by atoms with Crippen LogP contribution in [0.25, 0.3) is 31.3 Å². The Hall–Kier alpha value is -2.63. The third kappa shape index (κ3) is 2.71. The van der Waals surface area contributed by atoms with E-state index < -0.39 is 0 Å². The minimum absolute atomic E-state index is 0.153. The second-order valence-electron chi connectivity index (χ2n) is 7.43. The number of nitrogens with zero attached hydrogens (tertiary/aromatic N) is 1. The summed E-state index contributed by atoms with van der Waals surface area (Å²) in [5.74, 6) is 0. The quantitative estimate of drug-likeness (QED) is 0.370. The SMILES string of the molecule is CC(C)(C)c1ccc2c(c1)sc1c(-c3ccc(C#N)cc3)cccc12. The number of fused-ring (bicyclic) bond motifs is 3. The molecule has 0 N–H and O–H groups in total. The van der Waals surface area contributed by atoms with Crippen molar-refractivity contribution >= 4 is 31.5 Å². The van der Waals surface area contributed by atoms with Gasteiger partial charge in [0, 0.05) is 20.2 Å². The zero-order valence-corrected chi connectivity index (χ0v) is 15.4. The molecule has 1 aromatic heterocycles. The van der Waals surface area contributed by atoms with Gasteiger partial charge in [0.25, 0.3) is 0 Å². The number of nitriles is 1. The van der Waals surface area contributed by atoms with Crippen LogP contribution in [-0.4, -0.2) is 0 Å². The van der Waals surface area contributed by atoms with Gasteiger partial charge >= 0.3 is 0 Å². The number of hydrogen-bond donors (Lipinski definition) is 0. The monoisotopic (exact) mass is 341 g/mol. The largest absolute Gasteiger partial charge is 0.192 e. The summed E-state index contributed by atoms with van der Waals surface area (Å²) in [6.45, 7) is 6.76. The van der Waals surface area contributed by atoms with Crippen LogP contribution in [0.3, 0.4) is 0 Å². The van der Waals surface area contributed by atoms with Crippen molar-refractivity contribution in [1.82, 2.24) is 0 Å². The minimum Gasteiger partial charge on any atom is -0.192 e. The van der Waals surface area contributed by atoms with Gasteiger partial charge in [0.1, 0.15) is 0 Å². The summed E-state index contributed by atoms with van der Waals surface area (Å²) in [5, 5.41) is 11.6. The maximum atomic E-state index is 9.01. The molecule has 25 heavy (non-hydrogen) atoms. The van der Waals surface area contributed by atoms with Crippen molar-refractivity contribution in [3.8, 4) is 17.2 Å². The van der Waals surface area contributed by atoms with Crippen molar-refractivity contribution < 1.29 is 0 Å². The lowest BCUT2D eigenvalue weighted by molar-refractivity contribution is 0.591. The molecule has 0 saturated heterocycles. The molecule has 0 aliphatic heterocycles. The van der Waals surface area contributed by atoms with E-state index in [0.717, 1.165) is 5.56 Å². The van der Waals surface area contributed by atoms with Crippen LogP contribution in [0.4, 0.5) is 0 Å². The maximum Gasteiger partial charge on any atom is 0.0991 e. The Kier molecular flexibility index (Phi) is 3.63. The van der Waals surface area contributed by atoms with Gasteiger partial charge in [-0.05, 0) is 40.3 Å². The summed E-state index contributed by atoms with van der Waals surface area (Å²) >= 11 is 1.86. The Morgan fingerprint density at radius 1 is 0.880 bits per heavy atom. The highest BCUT2D eigenvalue weighted by Gasteiger charge is 2.16. The molecule has 0 radical (unpaired) electrons. The van der Waals surface area contributed by atoms with Crippen LogP contribution in [0, 0.1) is 11.3 Å². The molecule has 4 aromatic rings. The van der Waals surface area contributed by atoms with Crippen LogP contribution in [0.1, 0.15) is 31.9 Å². The predicted octanol–water partition coefficient (Wildman–Crippen LogP) is 6.89. The van der Waals surface area contributed by atoms with Gasteiger partial charge in [0.15, 0.2) is 0 Å². The Bertz CT molecular complexity index is 1120. The molecule has 0 aliphatic rings. The van der Waals surface area contributed by atoms with Crippen molar-refractivity contribution in [2.24, 2.45) is 0 Å². The summed E-state index contributed by atoms with van der Waals surface area (Å²) < 4.78 is 2.65. The van der Waals surface area contributed by atoms with Crippen LogP contribution in [-0.2, 0) is 5.41 Å². The number of thiophene rings is 1.